The molecule has 3 N–H and O–H groups in total. The number of halogens is 3. The third-order valence-corrected chi connectivity index (χ3v) is 9.13. The first-order chi connectivity index (χ1) is 21.4. The summed E-state index contributed by atoms with van der Waals surface area (Å²) in [5.74, 6) is -1.12. The summed E-state index contributed by atoms with van der Waals surface area (Å²) in [6.45, 7) is 5.99. The second-order valence-corrected chi connectivity index (χ2v) is 12.4. The summed E-state index contributed by atoms with van der Waals surface area (Å²) in [7, 11) is 0. The highest BCUT2D eigenvalue weighted by molar-refractivity contribution is 7.80. The number of aryl methyl sites for hydroxylation is 1. The van der Waals surface area contributed by atoms with E-state index >= 15 is 0 Å². The molecule has 4 aromatic rings. The average molecular weight is 653 g/mol. The Morgan fingerprint density at radius 3 is 2.56 bits per heavy atom. The molecule has 0 aliphatic carbocycles. The van der Waals surface area contributed by atoms with Crippen LogP contribution in [0.3, 0.4) is 0 Å². The number of ketones is 1. The Balaban J connectivity index is 1.64. The number of aromatic nitrogens is 2. The number of thiocarbonyl (C=S) groups is 1. The summed E-state index contributed by atoms with van der Waals surface area (Å²) in [5, 5.41) is 15.0. The molecule has 0 saturated heterocycles. The van der Waals surface area contributed by atoms with Crippen molar-refractivity contribution in [2.45, 2.75) is 59.0 Å². The van der Waals surface area contributed by atoms with Gasteiger partial charge in [0.2, 0.25) is 0 Å². The summed E-state index contributed by atoms with van der Waals surface area (Å²) in [6, 6.07) is 16.5. The number of imidazole rings is 1. The van der Waals surface area contributed by atoms with E-state index in [4.69, 9.17) is 23.2 Å². The van der Waals surface area contributed by atoms with Crippen LogP contribution in [0.1, 0.15) is 53.8 Å². The normalized spacial score (nSPS) is 13.5. The third-order valence-electron chi connectivity index (χ3n) is 7.83. The largest absolute Gasteiger partial charge is 0.416 e. The molecule has 0 aliphatic heterocycles. The molecule has 0 aliphatic rings. The van der Waals surface area contributed by atoms with E-state index in [1.165, 1.54) is 28.4 Å². The number of rotatable bonds is 12. The molecule has 3 atom stereocenters. The number of nitrogens with two attached hydrogens (primary N) is 1. The topological polar surface area (TPSA) is 100.0 Å². The number of carbonyl (C=O) groups excluding carboxylic acids is 1. The number of carbonyl (C=O) groups is 1. The Labute approximate surface area is 270 Å². The van der Waals surface area contributed by atoms with Crippen molar-refractivity contribution < 1.29 is 18.0 Å². The number of hydrogen-bond acceptors (Lipinski definition) is 6. The molecule has 0 radical (unpaired) electrons. The van der Waals surface area contributed by atoms with Gasteiger partial charge in [-0.05, 0) is 71.4 Å². The highest BCUT2D eigenvalue weighted by Crippen LogP contribution is 2.34. The molecule has 2 heterocycles. The maximum Gasteiger partial charge on any atom is 0.416 e. The van der Waals surface area contributed by atoms with Gasteiger partial charge in [0.05, 0.1) is 40.6 Å². The Morgan fingerprint density at radius 1 is 1.22 bits per heavy atom. The lowest BCUT2D eigenvalue weighted by molar-refractivity contribution is -0.138. The van der Waals surface area contributed by atoms with Crippen LogP contribution < -0.4 is 11.1 Å². The number of anilines is 1. The van der Waals surface area contributed by atoms with Crippen LogP contribution in [-0.2, 0) is 30.5 Å². The lowest BCUT2D eigenvalue weighted by Crippen LogP contribution is -2.55. The number of thiophene rings is 1. The van der Waals surface area contributed by atoms with Crippen molar-refractivity contribution >= 4 is 39.5 Å². The highest BCUT2D eigenvalue weighted by Gasteiger charge is 2.38. The Hall–Kier alpha value is -4.05. The molecule has 7 nitrogen and oxygen atoms in total. The van der Waals surface area contributed by atoms with Gasteiger partial charge in [-0.3, -0.25) is 4.79 Å². The van der Waals surface area contributed by atoms with Crippen molar-refractivity contribution in [1.29, 1.82) is 5.26 Å². The van der Waals surface area contributed by atoms with Crippen LogP contribution in [-0.4, -0.2) is 31.5 Å². The predicted molar refractivity (Wildman–Crippen MR) is 174 cm³/mol. The van der Waals surface area contributed by atoms with Crippen molar-refractivity contribution in [2.75, 3.05) is 5.32 Å². The van der Waals surface area contributed by atoms with Crippen LogP contribution in [0.15, 0.2) is 72.5 Å². The van der Waals surface area contributed by atoms with Gasteiger partial charge in [-0.1, -0.05) is 50.6 Å². The van der Waals surface area contributed by atoms with Crippen molar-refractivity contribution in [3.63, 3.8) is 0 Å². The Kier molecular flexibility index (Phi) is 11.1. The summed E-state index contributed by atoms with van der Waals surface area (Å²) < 4.78 is 43.8. The van der Waals surface area contributed by atoms with E-state index in [1.807, 2.05) is 48.9 Å². The van der Waals surface area contributed by atoms with Crippen molar-refractivity contribution in [1.82, 2.24) is 14.5 Å². The first-order valence-corrected chi connectivity index (χ1v) is 15.7. The van der Waals surface area contributed by atoms with Gasteiger partial charge in [0.15, 0.2) is 5.11 Å². The van der Waals surface area contributed by atoms with Gasteiger partial charge in [-0.15, -0.1) is 11.3 Å². The fraction of sp³-hybridized carbons (Fsp3) is 0.333. The molecular weight excluding hydrogens is 618 g/mol. The molecule has 0 spiro atoms. The predicted octanol–water partition coefficient (Wildman–Crippen LogP) is 7.15. The van der Waals surface area contributed by atoms with Crippen molar-refractivity contribution in [2.24, 2.45) is 17.6 Å². The summed E-state index contributed by atoms with van der Waals surface area (Å²) in [4.78, 5) is 19.8. The van der Waals surface area contributed by atoms with Gasteiger partial charge in [-0.2, -0.15) is 18.4 Å². The minimum Gasteiger partial charge on any atom is -0.330 e. The quantitative estimate of drug-likeness (QED) is 0.124. The summed E-state index contributed by atoms with van der Waals surface area (Å²) >= 11 is 7.16. The van der Waals surface area contributed by atoms with E-state index in [2.05, 4.69) is 16.4 Å². The maximum atomic E-state index is 14.1. The second kappa shape index (κ2) is 14.8. The molecule has 2 aromatic heterocycles. The van der Waals surface area contributed by atoms with E-state index < -0.39 is 23.8 Å². The van der Waals surface area contributed by atoms with E-state index in [-0.39, 0.29) is 35.3 Å². The molecule has 0 fully saturated rings. The van der Waals surface area contributed by atoms with Gasteiger partial charge < -0.3 is 20.5 Å². The lowest BCUT2D eigenvalue weighted by atomic mass is 9.83. The molecule has 12 heteroatoms. The number of nitrogens with one attached hydrogen (secondary N) is 1. The molecule has 0 bridgehead atoms. The van der Waals surface area contributed by atoms with Crippen LogP contribution in [0.2, 0.25) is 0 Å². The van der Waals surface area contributed by atoms with E-state index in [9.17, 15) is 18.0 Å². The van der Waals surface area contributed by atoms with Gasteiger partial charge in [-0.25, -0.2) is 4.98 Å². The molecule has 2 aromatic carbocycles. The van der Waals surface area contributed by atoms with Crippen LogP contribution in [0.25, 0.3) is 0 Å². The second-order valence-electron chi connectivity index (χ2n) is 11.1. The lowest BCUT2D eigenvalue weighted by Gasteiger charge is -2.38. The zero-order valence-electron chi connectivity index (χ0n) is 25.2. The number of nitrogens with zero attached hydrogens (tertiary/aromatic N) is 4. The monoisotopic (exact) mass is 652 g/mol. The third kappa shape index (κ3) is 8.57. The highest BCUT2D eigenvalue weighted by atomic mass is 32.1. The van der Waals surface area contributed by atoms with E-state index in [0.29, 0.717) is 24.2 Å². The minimum atomic E-state index is -4.58. The van der Waals surface area contributed by atoms with Crippen LogP contribution in [0.5, 0.6) is 0 Å². The SMILES string of the molecule is CC[C@H](C)[C@H](C(=O)Cc1cncn1Cc1ccc(C#N)cc1)C(N)N(Cc1ccccc1C(F)(F)F)C(=S)Nc1cc(C)cs1. The number of benzene rings is 2. The van der Waals surface area contributed by atoms with Gasteiger partial charge in [0.25, 0.3) is 0 Å². The van der Waals surface area contributed by atoms with E-state index in [0.717, 1.165) is 22.2 Å². The molecule has 4 rings (SSSR count). The fourth-order valence-electron chi connectivity index (χ4n) is 5.21. The number of nitriles is 1. The minimum absolute atomic E-state index is 0.00260. The molecular formula is C33H35F3N6OS2. The first-order valence-electron chi connectivity index (χ1n) is 14.5. The first kappa shape index (κ1) is 33.8. The average Bonchev–Trinajstić information content (AvgIpc) is 3.63. The fourth-order valence-corrected chi connectivity index (χ4v) is 6.36. The number of Topliss-reactive ketones (excluding diaryl/α,β-unsaturated/α-hetero) is 1. The zero-order chi connectivity index (χ0) is 32.7. The molecule has 1 unspecified atom stereocenters. The van der Waals surface area contributed by atoms with Gasteiger partial charge >= 0.3 is 6.18 Å². The summed E-state index contributed by atoms with van der Waals surface area (Å²) in [5.41, 5.74) is 9.26. The van der Waals surface area contributed by atoms with Crippen molar-refractivity contribution in [3.05, 3.63) is 106 Å². The molecule has 45 heavy (non-hydrogen) atoms. The summed E-state index contributed by atoms with van der Waals surface area (Å²) in [6.07, 6.45) is -1.69. The zero-order valence-corrected chi connectivity index (χ0v) is 26.8. The van der Waals surface area contributed by atoms with Crippen LogP contribution in [0, 0.1) is 30.1 Å². The van der Waals surface area contributed by atoms with E-state index in [1.54, 1.807) is 30.7 Å². The molecule has 236 valence electrons. The molecule has 0 saturated carbocycles. The standard InChI is InChI=1S/C33H35F3N6OS2/c1-4-22(3)30(28(43)14-26-16-39-20-41(26)17-24-11-9-23(15-37)10-12-24)31(38)42(32(44)40-29-13-21(2)19-45-29)18-25-7-5-6-8-27(25)33(34,35)36/h5-13,16,19-20,22,30-31H,4,14,17-18,38H2,1-3H3,(H,40,44)/t22-,30+,31?/m0/s1. The van der Waals surface area contributed by atoms with Crippen molar-refractivity contribution in [3.8, 4) is 6.07 Å². The Bertz CT molecular complexity index is 1660. The Morgan fingerprint density at radius 2 is 1.93 bits per heavy atom. The number of hydrogen-bond donors (Lipinski definition) is 2. The van der Waals surface area contributed by atoms with Gasteiger partial charge in [0.1, 0.15) is 5.78 Å². The van der Waals surface area contributed by atoms with Gasteiger partial charge in [0, 0.05) is 31.4 Å². The molecule has 0 amide bonds. The van der Waals surface area contributed by atoms with Crippen LogP contribution in [0.4, 0.5) is 18.2 Å². The van der Waals surface area contributed by atoms with Crippen LogP contribution >= 0.6 is 23.6 Å². The maximum absolute atomic E-state index is 14.1. The number of alkyl halides is 3. The smallest absolute Gasteiger partial charge is 0.330 e.